The molecular weight excluding hydrogens is 232 g/mol. The normalized spacial score (nSPS) is 13.1. The van der Waals surface area contributed by atoms with E-state index >= 15 is 0 Å². The number of fused-ring (bicyclic) bond motifs is 1. The lowest BCUT2D eigenvalue weighted by molar-refractivity contribution is 0.193. The molecule has 0 radical (unpaired) electrons. The Kier molecular flexibility index (Phi) is 2.34. The van der Waals surface area contributed by atoms with Gasteiger partial charge in [-0.2, -0.15) is 10.2 Å². The highest BCUT2D eigenvalue weighted by molar-refractivity contribution is 5.81. The number of aliphatic hydroxyl groups is 1. The van der Waals surface area contributed by atoms with Gasteiger partial charge in [-0.3, -0.25) is 5.10 Å². The molecule has 0 amide bonds. The molecule has 0 bridgehead atoms. The molecule has 7 nitrogen and oxygen atoms in total. The fourth-order valence-corrected chi connectivity index (χ4v) is 1.78. The first-order chi connectivity index (χ1) is 8.65. The van der Waals surface area contributed by atoms with E-state index < -0.39 is 6.10 Å². The van der Waals surface area contributed by atoms with Crippen molar-refractivity contribution in [2.45, 2.75) is 20.0 Å². The molecule has 0 aromatic carbocycles. The molecule has 3 aromatic heterocycles. The van der Waals surface area contributed by atoms with Gasteiger partial charge >= 0.3 is 0 Å². The maximum Gasteiger partial charge on any atom is 0.168 e. The molecule has 0 spiro atoms. The third-order valence-corrected chi connectivity index (χ3v) is 2.66. The molecule has 2 N–H and O–H groups in total. The van der Waals surface area contributed by atoms with E-state index in [2.05, 4.69) is 25.3 Å². The van der Waals surface area contributed by atoms with Crippen LogP contribution in [0.2, 0.25) is 0 Å². The van der Waals surface area contributed by atoms with Crippen molar-refractivity contribution in [3.63, 3.8) is 0 Å². The van der Waals surface area contributed by atoms with E-state index in [9.17, 15) is 5.11 Å². The number of nitrogens with one attached hydrogen (secondary N) is 1. The predicted octanol–water partition coefficient (Wildman–Crippen LogP) is 0.900. The molecule has 3 aromatic rings. The minimum Gasteiger partial charge on any atom is -0.387 e. The Morgan fingerprint density at radius 1 is 1.39 bits per heavy atom. The SMILES string of the molecule is Cc1nc(-n2ccc(C(C)O)n2)c2cn[nH]c2n1. The highest BCUT2D eigenvalue weighted by atomic mass is 16.3. The Morgan fingerprint density at radius 2 is 2.22 bits per heavy atom. The van der Waals surface area contributed by atoms with Crippen molar-refractivity contribution in [1.29, 1.82) is 0 Å². The number of H-pyrrole nitrogens is 1. The van der Waals surface area contributed by atoms with Gasteiger partial charge in [-0.25, -0.2) is 14.6 Å². The van der Waals surface area contributed by atoms with Crippen molar-refractivity contribution in [1.82, 2.24) is 29.9 Å². The van der Waals surface area contributed by atoms with Crippen LogP contribution in [0.15, 0.2) is 18.5 Å². The average Bonchev–Trinajstić information content (AvgIpc) is 2.95. The van der Waals surface area contributed by atoms with Crippen LogP contribution in [-0.2, 0) is 0 Å². The zero-order chi connectivity index (χ0) is 12.7. The average molecular weight is 244 g/mol. The molecule has 92 valence electrons. The van der Waals surface area contributed by atoms with Crippen molar-refractivity contribution >= 4 is 11.0 Å². The summed E-state index contributed by atoms with van der Waals surface area (Å²) in [4.78, 5) is 8.61. The van der Waals surface area contributed by atoms with Crippen LogP contribution < -0.4 is 0 Å². The van der Waals surface area contributed by atoms with E-state index in [1.54, 1.807) is 30.1 Å². The third-order valence-electron chi connectivity index (χ3n) is 2.66. The molecule has 0 aliphatic carbocycles. The molecule has 3 rings (SSSR count). The van der Waals surface area contributed by atoms with Crippen LogP contribution in [0.25, 0.3) is 16.9 Å². The quantitative estimate of drug-likeness (QED) is 0.698. The lowest BCUT2D eigenvalue weighted by Gasteiger charge is -2.03. The molecule has 0 aliphatic heterocycles. The Bertz CT molecular complexity index is 698. The molecule has 1 unspecified atom stereocenters. The highest BCUT2D eigenvalue weighted by Crippen LogP contribution is 2.18. The van der Waals surface area contributed by atoms with Crippen LogP contribution in [0.5, 0.6) is 0 Å². The van der Waals surface area contributed by atoms with Gasteiger partial charge in [0.2, 0.25) is 0 Å². The first kappa shape index (κ1) is 10.8. The second-order valence-corrected chi connectivity index (χ2v) is 4.09. The van der Waals surface area contributed by atoms with E-state index in [0.717, 1.165) is 5.39 Å². The highest BCUT2D eigenvalue weighted by Gasteiger charge is 2.12. The molecule has 18 heavy (non-hydrogen) atoms. The number of aromatic nitrogens is 6. The van der Waals surface area contributed by atoms with E-state index in [-0.39, 0.29) is 0 Å². The number of hydrogen-bond donors (Lipinski definition) is 2. The predicted molar refractivity (Wildman–Crippen MR) is 64.2 cm³/mol. The van der Waals surface area contributed by atoms with Gasteiger partial charge in [-0.15, -0.1) is 0 Å². The Morgan fingerprint density at radius 3 is 2.94 bits per heavy atom. The lowest BCUT2D eigenvalue weighted by Crippen LogP contribution is -2.03. The molecule has 0 fully saturated rings. The molecule has 7 heteroatoms. The van der Waals surface area contributed by atoms with Crippen LogP contribution in [0.3, 0.4) is 0 Å². The lowest BCUT2D eigenvalue weighted by atomic mass is 10.3. The fourth-order valence-electron chi connectivity index (χ4n) is 1.78. The summed E-state index contributed by atoms with van der Waals surface area (Å²) in [6, 6.07) is 1.76. The summed E-state index contributed by atoms with van der Waals surface area (Å²) < 4.78 is 1.62. The minimum absolute atomic E-state index is 0.600. The van der Waals surface area contributed by atoms with Crippen LogP contribution in [0.1, 0.15) is 24.5 Å². The van der Waals surface area contributed by atoms with Crippen molar-refractivity contribution in [3.05, 3.63) is 30.0 Å². The number of rotatable bonds is 2. The standard InChI is InChI=1S/C11H12N6O/c1-6(18)9-3-4-17(16-9)11-8-5-12-15-10(8)13-7(2)14-11/h3-6,18H,1-2H3,(H,12,13,14,15). The maximum absolute atomic E-state index is 9.48. The van der Waals surface area contributed by atoms with Crippen molar-refractivity contribution in [2.75, 3.05) is 0 Å². The smallest absolute Gasteiger partial charge is 0.168 e. The molecule has 0 saturated heterocycles. The first-order valence-electron chi connectivity index (χ1n) is 5.57. The minimum atomic E-state index is -0.603. The summed E-state index contributed by atoms with van der Waals surface area (Å²) in [5, 5.41) is 21.3. The van der Waals surface area contributed by atoms with Gasteiger partial charge in [0.25, 0.3) is 0 Å². The summed E-state index contributed by atoms with van der Waals surface area (Å²) >= 11 is 0. The molecule has 3 heterocycles. The van der Waals surface area contributed by atoms with Crippen molar-refractivity contribution in [3.8, 4) is 5.82 Å². The largest absolute Gasteiger partial charge is 0.387 e. The number of aliphatic hydroxyl groups excluding tert-OH is 1. The summed E-state index contributed by atoms with van der Waals surface area (Å²) in [6.07, 6.45) is 2.82. The summed E-state index contributed by atoms with van der Waals surface area (Å²) in [6.45, 7) is 3.48. The van der Waals surface area contributed by atoms with Gasteiger partial charge in [-0.1, -0.05) is 0 Å². The Labute approximate surface area is 103 Å². The van der Waals surface area contributed by atoms with Gasteiger partial charge in [0, 0.05) is 6.20 Å². The van der Waals surface area contributed by atoms with Gasteiger partial charge in [-0.05, 0) is 19.9 Å². The number of hydrogen-bond acceptors (Lipinski definition) is 5. The van der Waals surface area contributed by atoms with Crippen LogP contribution in [-0.4, -0.2) is 35.1 Å². The zero-order valence-corrected chi connectivity index (χ0v) is 9.99. The zero-order valence-electron chi connectivity index (χ0n) is 9.99. The van der Waals surface area contributed by atoms with Crippen LogP contribution >= 0.6 is 0 Å². The van der Waals surface area contributed by atoms with Gasteiger partial charge in [0.15, 0.2) is 11.5 Å². The third kappa shape index (κ3) is 1.65. The molecular formula is C11H12N6O. The Hall–Kier alpha value is -2.28. The molecule has 1 atom stereocenters. The second-order valence-electron chi connectivity index (χ2n) is 4.09. The monoisotopic (exact) mass is 244 g/mol. The topological polar surface area (TPSA) is 92.5 Å². The van der Waals surface area contributed by atoms with Crippen molar-refractivity contribution in [2.24, 2.45) is 0 Å². The number of aromatic amines is 1. The molecule has 0 aliphatic rings. The van der Waals surface area contributed by atoms with Gasteiger partial charge in [0.1, 0.15) is 5.82 Å². The summed E-state index contributed by atoms with van der Waals surface area (Å²) in [5.74, 6) is 1.29. The first-order valence-corrected chi connectivity index (χ1v) is 5.57. The van der Waals surface area contributed by atoms with Gasteiger partial charge < -0.3 is 5.11 Å². The summed E-state index contributed by atoms with van der Waals surface area (Å²) in [5.41, 5.74) is 1.27. The second kappa shape index (κ2) is 3.88. The van der Waals surface area contributed by atoms with E-state index in [0.29, 0.717) is 23.0 Å². The van der Waals surface area contributed by atoms with Crippen molar-refractivity contribution < 1.29 is 5.11 Å². The number of nitrogens with zero attached hydrogens (tertiary/aromatic N) is 5. The number of aryl methyl sites for hydroxylation is 1. The van der Waals surface area contributed by atoms with E-state index in [4.69, 9.17) is 0 Å². The molecule has 0 saturated carbocycles. The van der Waals surface area contributed by atoms with E-state index in [1.807, 2.05) is 6.92 Å². The van der Waals surface area contributed by atoms with Crippen LogP contribution in [0.4, 0.5) is 0 Å². The fraction of sp³-hybridized carbons (Fsp3) is 0.273. The summed E-state index contributed by atoms with van der Waals surface area (Å²) in [7, 11) is 0. The van der Waals surface area contributed by atoms with Gasteiger partial charge in [0.05, 0.1) is 23.4 Å². The van der Waals surface area contributed by atoms with E-state index in [1.165, 1.54) is 0 Å². The van der Waals surface area contributed by atoms with Crippen LogP contribution in [0, 0.1) is 6.92 Å². The Balaban J connectivity index is 2.20. The maximum atomic E-state index is 9.48.